The Bertz CT molecular complexity index is 714. The normalized spacial score (nSPS) is 53.0. The van der Waals surface area contributed by atoms with Gasteiger partial charge in [-0.2, -0.15) is 12.6 Å². The molecule has 0 N–H and O–H groups in total. The van der Waals surface area contributed by atoms with Crippen LogP contribution in [-0.4, -0.2) is 22.6 Å². The molecule has 0 radical (unpaired) electrons. The summed E-state index contributed by atoms with van der Waals surface area (Å²) in [6.45, 7) is 4.81. The molecular weight excluding hydrogens is 344 g/mol. The van der Waals surface area contributed by atoms with Crippen molar-refractivity contribution in [1.29, 1.82) is 0 Å². The third-order valence-electron chi connectivity index (χ3n) is 9.32. The fraction of sp³-hybridized carbons (Fsp3) is 0.818. The minimum absolute atomic E-state index is 0.00282. The van der Waals surface area contributed by atoms with E-state index in [0.29, 0.717) is 41.6 Å². The topological polar surface area (TPSA) is 43.4 Å². The third kappa shape index (κ3) is 2.03. The van der Waals surface area contributed by atoms with Gasteiger partial charge >= 0.3 is 5.97 Å². The van der Waals surface area contributed by atoms with Gasteiger partial charge in [-0.25, -0.2) is 0 Å². The summed E-state index contributed by atoms with van der Waals surface area (Å²) in [5.41, 5.74) is 1.41. The van der Waals surface area contributed by atoms with Crippen LogP contribution in [-0.2, 0) is 14.3 Å². The maximum absolute atomic E-state index is 12.0. The van der Waals surface area contributed by atoms with Gasteiger partial charge in [0.2, 0.25) is 0 Å². The number of carbonyl (C=O) groups is 2. The molecule has 0 aromatic heterocycles. The van der Waals surface area contributed by atoms with E-state index in [1.807, 2.05) is 6.08 Å². The lowest BCUT2D eigenvalue weighted by Gasteiger charge is -2.60. The van der Waals surface area contributed by atoms with E-state index in [4.69, 9.17) is 17.4 Å². The van der Waals surface area contributed by atoms with Gasteiger partial charge in [0, 0.05) is 23.5 Å². The van der Waals surface area contributed by atoms with Gasteiger partial charge in [-0.15, -0.1) is 0 Å². The van der Waals surface area contributed by atoms with E-state index < -0.39 is 0 Å². The summed E-state index contributed by atoms with van der Waals surface area (Å²) in [6.07, 6.45) is 10.6. The summed E-state index contributed by atoms with van der Waals surface area (Å²) >= 11 is 5.07. The lowest BCUT2D eigenvalue weighted by atomic mass is 9.46. The Morgan fingerprint density at radius 3 is 2.54 bits per heavy atom. The van der Waals surface area contributed by atoms with Gasteiger partial charge in [-0.1, -0.05) is 19.4 Å². The van der Waals surface area contributed by atoms with Crippen LogP contribution in [0.25, 0.3) is 0 Å². The summed E-state index contributed by atoms with van der Waals surface area (Å²) < 4.78 is 6.02. The second-order valence-corrected chi connectivity index (χ2v) is 10.7. The minimum Gasteiger partial charge on any atom is -0.458 e. The van der Waals surface area contributed by atoms with Crippen LogP contribution in [0.4, 0.5) is 0 Å². The van der Waals surface area contributed by atoms with Crippen LogP contribution in [0.15, 0.2) is 11.6 Å². The smallest absolute Gasteiger partial charge is 0.306 e. The molecule has 3 nitrogen and oxygen atoms in total. The zero-order chi connectivity index (χ0) is 18.3. The van der Waals surface area contributed by atoms with Crippen LogP contribution >= 0.6 is 12.6 Å². The van der Waals surface area contributed by atoms with Gasteiger partial charge in [0.25, 0.3) is 0 Å². The highest BCUT2D eigenvalue weighted by molar-refractivity contribution is 7.81. The summed E-state index contributed by atoms with van der Waals surface area (Å²) in [5, 5.41) is 0.321. The van der Waals surface area contributed by atoms with Crippen LogP contribution in [0.2, 0.25) is 0 Å². The molecule has 0 bridgehead atoms. The summed E-state index contributed by atoms with van der Waals surface area (Å²) in [6, 6.07) is 0. The van der Waals surface area contributed by atoms with Crippen LogP contribution in [0.5, 0.6) is 0 Å². The Labute approximate surface area is 161 Å². The monoisotopic (exact) mass is 374 g/mol. The number of fused-ring (bicyclic) bond motifs is 6. The second-order valence-electron chi connectivity index (χ2n) is 10.1. The van der Waals surface area contributed by atoms with Crippen molar-refractivity contribution in [3.8, 4) is 0 Å². The maximum atomic E-state index is 12.0. The minimum atomic E-state index is -0.216. The molecule has 1 heterocycles. The Morgan fingerprint density at radius 2 is 1.81 bits per heavy atom. The molecule has 0 aromatic rings. The molecule has 4 fully saturated rings. The number of allylic oxidation sites excluding steroid dienone is 1. The first-order valence-electron chi connectivity index (χ1n) is 10.4. The molecule has 7 atom stereocenters. The van der Waals surface area contributed by atoms with Crippen molar-refractivity contribution in [3.63, 3.8) is 0 Å². The van der Waals surface area contributed by atoms with Gasteiger partial charge in [-0.3, -0.25) is 9.59 Å². The molecule has 5 rings (SSSR count). The first-order valence-corrected chi connectivity index (χ1v) is 10.9. The largest absolute Gasteiger partial charge is 0.458 e. The van der Waals surface area contributed by atoms with Crippen molar-refractivity contribution in [2.45, 2.75) is 82.5 Å². The van der Waals surface area contributed by atoms with E-state index in [2.05, 4.69) is 13.8 Å². The van der Waals surface area contributed by atoms with E-state index in [-0.39, 0.29) is 22.4 Å². The average Bonchev–Trinajstić information content (AvgIpc) is 3.11. The summed E-state index contributed by atoms with van der Waals surface area (Å²) in [5.74, 6) is 2.08. The molecule has 4 heteroatoms. The molecule has 1 saturated heterocycles. The highest BCUT2D eigenvalue weighted by atomic mass is 32.1. The lowest BCUT2D eigenvalue weighted by molar-refractivity contribution is -0.167. The zero-order valence-corrected chi connectivity index (χ0v) is 16.8. The van der Waals surface area contributed by atoms with E-state index in [1.54, 1.807) is 0 Å². The van der Waals surface area contributed by atoms with Gasteiger partial charge in [0.05, 0.1) is 0 Å². The molecule has 0 aromatic carbocycles. The Balaban J connectivity index is 1.53. The fourth-order valence-corrected chi connectivity index (χ4v) is 8.44. The summed E-state index contributed by atoms with van der Waals surface area (Å²) in [7, 11) is 0. The van der Waals surface area contributed by atoms with Crippen molar-refractivity contribution in [3.05, 3.63) is 11.6 Å². The molecule has 1 aliphatic heterocycles. The lowest BCUT2D eigenvalue weighted by Crippen LogP contribution is -2.57. The number of esters is 1. The van der Waals surface area contributed by atoms with Crippen LogP contribution in [0, 0.1) is 28.6 Å². The molecule has 26 heavy (non-hydrogen) atoms. The van der Waals surface area contributed by atoms with Crippen molar-refractivity contribution < 1.29 is 14.3 Å². The number of thiol groups is 1. The standard InChI is InChI=1S/C22H30O3S/c1-20-7-3-14(23)11-13(20)12-17(26)19-15(20)4-8-21(2)16(19)5-9-22(21)10-6-18(24)25-22/h11,15-17,19,26H,3-10,12H2,1-2H3/t15?,16?,17-,19?,20+,21+,22-/m1/s1. The fourth-order valence-electron chi connectivity index (χ4n) is 7.82. The number of ketones is 1. The SMILES string of the molecule is C[C@]12CCC(=O)C=C1C[C@@H](S)C1C2CC[C@@]2(C)C1CC[C@@]21CCC(=O)O1. The molecule has 5 aliphatic rings. The van der Waals surface area contributed by atoms with Crippen LogP contribution < -0.4 is 0 Å². The van der Waals surface area contributed by atoms with Crippen molar-refractivity contribution in [2.24, 2.45) is 28.6 Å². The molecule has 4 aliphatic carbocycles. The number of ether oxygens (including phenoxy) is 1. The molecule has 3 saturated carbocycles. The molecule has 1 spiro atoms. The second kappa shape index (κ2) is 5.40. The van der Waals surface area contributed by atoms with Gasteiger partial charge in [-0.05, 0) is 74.2 Å². The first kappa shape index (κ1) is 17.3. The predicted octanol–water partition coefficient (Wildman–Crippen LogP) is 4.50. The van der Waals surface area contributed by atoms with Crippen molar-refractivity contribution >= 4 is 24.4 Å². The highest BCUT2D eigenvalue weighted by Gasteiger charge is 2.68. The molecule has 0 amide bonds. The first-order chi connectivity index (χ1) is 12.3. The highest BCUT2D eigenvalue weighted by Crippen LogP contribution is 2.70. The summed E-state index contributed by atoms with van der Waals surface area (Å²) in [4.78, 5) is 24.0. The molecule has 3 unspecified atom stereocenters. The van der Waals surface area contributed by atoms with E-state index in [0.717, 1.165) is 38.5 Å². The average molecular weight is 375 g/mol. The number of hydrogen-bond donors (Lipinski definition) is 1. The van der Waals surface area contributed by atoms with E-state index in [9.17, 15) is 9.59 Å². The molecule has 142 valence electrons. The van der Waals surface area contributed by atoms with E-state index >= 15 is 0 Å². The van der Waals surface area contributed by atoms with Crippen molar-refractivity contribution in [1.82, 2.24) is 0 Å². The Kier molecular flexibility index (Phi) is 3.60. The van der Waals surface area contributed by atoms with Gasteiger partial charge in [0.15, 0.2) is 5.78 Å². The number of hydrogen-bond acceptors (Lipinski definition) is 4. The van der Waals surface area contributed by atoms with Gasteiger partial charge in [0.1, 0.15) is 5.60 Å². The molecular formula is C22H30O3S. The Hall–Kier alpha value is -0.770. The van der Waals surface area contributed by atoms with Crippen LogP contribution in [0.3, 0.4) is 0 Å². The quantitative estimate of drug-likeness (QED) is 0.501. The van der Waals surface area contributed by atoms with Crippen LogP contribution in [0.1, 0.15) is 71.6 Å². The van der Waals surface area contributed by atoms with Gasteiger partial charge < -0.3 is 4.74 Å². The number of rotatable bonds is 0. The maximum Gasteiger partial charge on any atom is 0.306 e. The van der Waals surface area contributed by atoms with E-state index in [1.165, 1.54) is 12.0 Å². The number of carbonyl (C=O) groups excluding carboxylic acids is 2. The predicted molar refractivity (Wildman–Crippen MR) is 103 cm³/mol. The zero-order valence-electron chi connectivity index (χ0n) is 15.9. The van der Waals surface area contributed by atoms with Crippen molar-refractivity contribution in [2.75, 3.05) is 0 Å². The third-order valence-corrected chi connectivity index (χ3v) is 9.84. The Morgan fingerprint density at radius 1 is 1.04 bits per heavy atom.